The van der Waals surface area contributed by atoms with E-state index in [1.165, 1.54) is 9.80 Å². The number of amides is 2. The Labute approximate surface area is 150 Å². The molecule has 0 spiro atoms. The van der Waals surface area contributed by atoms with E-state index in [4.69, 9.17) is 28.3 Å². The van der Waals surface area contributed by atoms with E-state index in [0.29, 0.717) is 15.7 Å². The van der Waals surface area contributed by atoms with Gasteiger partial charge in [0.05, 0.1) is 28.8 Å². The molecule has 0 saturated carbocycles. The molecule has 24 heavy (non-hydrogen) atoms. The molecule has 0 radical (unpaired) electrons. The minimum Gasteiger partial charge on any atom is -0.391 e. The van der Waals surface area contributed by atoms with E-state index in [9.17, 15) is 9.59 Å². The van der Waals surface area contributed by atoms with E-state index < -0.39 is 0 Å². The summed E-state index contributed by atoms with van der Waals surface area (Å²) in [4.78, 5) is 28.9. The molecular formula is C16H21Cl2N3O3+2. The van der Waals surface area contributed by atoms with Gasteiger partial charge in [-0.3, -0.25) is 9.59 Å². The second-order valence-electron chi connectivity index (χ2n) is 6.30. The van der Waals surface area contributed by atoms with Crippen LogP contribution in [0.3, 0.4) is 0 Å². The Morgan fingerprint density at radius 1 is 1.12 bits per heavy atom. The second kappa shape index (κ2) is 7.37. The Kier molecular flexibility index (Phi) is 5.42. The van der Waals surface area contributed by atoms with Crippen molar-refractivity contribution in [2.24, 2.45) is 0 Å². The number of hydrogen-bond donors (Lipinski definition) is 3. The molecule has 2 aliphatic rings. The zero-order chi connectivity index (χ0) is 17.3. The number of anilines is 1. The van der Waals surface area contributed by atoms with Crippen molar-refractivity contribution in [1.29, 1.82) is 0 Å². The highest BCUT2D eigenvalue weighted by Gasteiger charge is 2.46. The fourth-order valence-electron chi connectivity index (χ4n) is 3.53. The summed E-state index contributed by atoms with van der Waals surface area (Å²) in [7, 11) is 0. The molecule has 6 nitrogen and oxygen atoms in total. The van der Waals surface area contributed by atoms with Gasteiger partial charge in [-0.05, 0) is 18.2 Å². The number of carbonyl (C=O) groups is 2. The molecule has 3 rings (SSSR count). The van der Waals surface area contributed by atoms with E-state index in [-0.39, 0.29) is 30.9 Å². The normalized spacial score (nSPS) is 27.8. The molecule has 2 aliphatic heterocycles. The minimum atomic E-state index is -0.331. The minimum absolute atomic E-state index is 0.168. The molecule has 2 heterocycles. The molecule has 0 aromatic heterocycles. The molecule has 3 N–H and O–H groups in total. The molecule has 1 aromatic rings. The molecule has 2 fully saturated rings. The first kappa shape index (κ1) is 17.6. The summed E-state index contributed by atoms with van der Waals surface area (Å²) in [5.41, 5.74) is 0.478. The highest BCUT2D eigenvalue weighted by Crippen LogP contribution is 2.29. The van der Waals surface area contributed by atoms with Crippen molar-refractivity contribution in [2.45, 2.75) is 12.5 Å². The van der Waals surface area contributed by atoms with Gasteiger partial charge < -0.3 is 14.9 Å². The topological polar surface area (TPSA) is 66.5 Å². The van der Waals surface area contributed by atoms with E-state index in [1.807, 2.05) is 0 Å². The number of carbonyl (C=O) groups excluding carboxylic acids is 2. The first-order valence-corrected chi connectivity index (χ1v) is 8.87. The fraction of sp³-hybridized carbons (Fsp3) is 0.500. The maximum Gasteiger partial charge on any atom is 0.292 e. The standard InChI is InChI=1S/C16H19Cl2N3O3/c17-12-2-1-11(9-13(12)18)21-15(23)10-14(16(21)24)20-5-3-19(4-6-20)7-8-22/h1-2,9,14,22H,3-8,10H2/p+2/t14-/m0/s1. The Morgan fingerprint density at radius 3 is 2.46 bits per heavy atom. The lowest BCUT2D eigenvalue weighted by Gasteiger charge is -2.31. The van der Waals surface area contributed by atoms with Gasteiger partial charge in [-0.15, -0.1) is 0 Å². The Morgan fingerprint density at radius 2 is 1.83 bits per heavy atom. The smallest absolute Gasteiger partial charge is 0.292 e. The monoisotopic (exact) mass is 373 g/mol. The van der Waals surface area contributed by atoms with Crippen molar-refractivity contribution in [3.05, 3.63) is 28.2 Å². The van der Waals surface area contributed by atoms with Crippen molar-refractivity contribution in [3.8, 4) is 0 Å². The number of hydrogen-bond acceptors (Lipinski definition) is 3. The highest BCUT2D eigenvalue weighted by molar-refractivity contribution is 6.42. The largest absolute Gasteiger partial charge is 0.391 e. The summed E-state index contributed by atoms with van der Waals surface area (Å²) < 4.78 is 0. The third-order valence-corrected chi connectivity index (χ3v) is 5.60. The van der Waals surface area contributed by atoms with Gasteiger partial charge in [0.1, 0.15) is 32.7 Å². The zero-order valence-electron chi connectivity index (χ0n) is 13.2. The van der Waals surface area contributed by atoms with E-state index in [0.717, 1.165) is 37.6 Å². The lowest BCUT2D eigenvalue weighted by Crippen LogP contribution is -3.30. The summed E-state index contributed by atoms with van der Waals surface area (Å²) in [5, 5.41) is 9.74. The van der Waals surface area contributed by atoms with Crippen molar-refractivity contribution in [1.82, 2.24) is 0 Å². The lowest BCUT2D eigenvalue weighted by molar-refractivity contribution is -1.02. The molecular weight excluding hydrogens is 353 g/mol. The lowest BCUT2D eigenvalue weighted by atomic mass is 10.1. The van der Waals surface area contributed by atoms with Crippen molar-refractivity contribution < 1.29 is 24.5 Å². The number of imide groups is 1. The third-order valence-electron chi connectivity index (χ3n) is 4.87. The van der Waals surface area contributed by atoms with Crippen LogP contribution in [0.4, 0.5) is 5.69 Å². The Bertz CT molecular complexity index is 647. The van der Waals surface area contributed by atoms with Gasteiger partial charge in [-0.25, -0.2) is 4.90 Å². The second-order valence-corrected chi connectivity index (χ2v) is 7.12. The maximum atomic E-state index is 12.8. The first-order chi connectivity index (χ1) is 11.5. The van der Waals surface area contributed by atoms with Crippen LogP contribution in [0.2, 0.25) is 10.0 Å². The Hall–Kier alpha value is -1.18. The first-order valence-electron chi connectivity index (χ1n) is 8.12. The fourth-order valence-corrected chi connectivity index (χ4v) is 3.82. The van der Waals surface area contributed by atoms with Crippen molar-refractivity contribution in [2.75, 3.05) is 44.2 Å². The number of halogens is 2. The number of aliphatic hydroxyl groups excluding tert-OH is 1. The molecule has 8 heteroatoms. The predicted octanol–water partition coefficient (Wildman–Crippen LogP) is -1.60. The van der Waals surface area contributed by atoms with Crippen molar-refractivity contribution >= 4 is 40.7 Å². The van der Waals surface area contributed by atoms with Crippen LogP contribution in [0.1, 0.15) is 6.42 Å². The van der Waals surface area contributed by atoms with Gasteiger partial charge in [0.25, 0.3) is 5.91 Å². The quantitative estimate of drug-likeness (QED) is 0.557. The van der Waals surface area contributed by atoms with Crippen LogP contribution in [0.15, 0.2) is 18.2 Å². The van der Waals surface area contributed by atoms with Crippen LogP contribution in [0.5, 0.6) is 0 Å². The summed E-state index contributed by atoms with van der Waals surface area (Å²) in [6.07, 6.45) is 0.226. The average Bonchev–Trinajstić information content (AvgIpc) is 2.86. The Balaban J connectivity index is 1.71. The molecule has 1 aromatic carbocycles. The molecule has 2 saturated heterocycles. The molecule has 2 amide bonds. The van der Waals surface area contributed by atoms with Crippen molar-refractivity contribution in [3.63, 3.8) is 0 Å². The number of rotatable bonds is 4. The van der Waals surface area contributed by atoms with Gasteiger partial charge in [0, 0.05) is 0 Å². The molecule has 0 bridgehead atoms. The number of benzene rings is 1. The van der Waals surface area contributed by atoms with Gasteiger partial charge in [-0.1, -0.05) is 23.2 Å². The zero-order valence-corrected chi connectivity index (χ0v) is 14.7. The van der Waals surface area contributed by atoms with Crippen LogP contribution in [-0.2, 0) is 9.59 Å². The molecule has 130 valence electrons. The van der Waals surface area contributed by atoms with Gasteiger partial charge >= 0.3 is 0 Å². The van der Waals surface area contributed by atoms with Gasteiger partial charge in [-0.2, -0.15) is 0 Å². The van der Waals surface area contributed by atoms with Crippen LogP contribution in [0, 0.1) is 0 Å². The van der Waals surface area contributed by atoms with Gasteiger partial charge in [0.15, 0.2) is 6.04 Å². The van der Waals surface area contributed by atoms with E-state index >= 15 is 0 Å². The average molecular weight is 374 g/mol. The summed E-state index contributed by atoms with van der Waals surface area (Å²) in [5.74, 6) is -0.361. The SMILES string of the molecule is O=C1C[C@H]([NH+]2CC[NH+](CCO)CC2)C(=O)N1c1ccc(Cl)c(Cl)c1. The van der Waals surface area contributed by atoms with Crippen LogP contribution in [0.25, 0.3) is 0 Å². The number of quaternary nitrogens is 2. The van der Waals surface area contributed by atoms with Crippen LogP contribution in [-0.4, -0.2) is 62.3 Å². The number of nitrogens with zero attached hydrogens (tertiary/aromatic N) is 1. The number of piperazine rings is 1. The molecule has 0 unspecified atom stereocenters. The molecule has 0 aliphatic carbocycles. The van der Waals surface area contributed by atoms with Gasteiger partial charge in [0.2, 0.25) is 5.91 Å². The number of aliphatic hydroxyl groups is 1. The molecule has 1 atom stereocenters. The highest BCUT2D eigenvalue weighted by atomic mass is 35.5. The summed E-state index contributed by atoms with van der Waals surface area (Å²) in [6, 6.07) is 4.46. The summed E-state index contributed by atoms with van der Waals surface area (Å²) >= 11 is 11.9. The van der Waals surface area contributed by atoms with E-state index in [1.54, 1.807) is 18.2 Å². The van der Waals surface area contributed by atoms with Crippen LogP contribution >= 0.6 is 23.2 Å². The predicted molar refractivity (Wildman–Crippen MR) is 90.7 cm³/mol. The number of nitrogens with one attached hydrogen (secondary N) is 2. The summed E-state index contributed by atoms with van der Waals surface area (Å²) in [6.45, 7) is 4.38. The van der Waals surface area contributed by atoms with Crippen LogP contribution < -0.4 is 14.7 Å². The maximum absolute atomic E-state index is 12.8. The third kappa shape index (κ3) is 3.43. The van der Waals surface area contributed by atoms with E-state index in [2.05, 4.69) is 0 Å².